The van der Waals surface area contributed by atoms with E-state index in [4.69, 9.17) is 0 Å². The van der Waals surface area contributed by atoms with Crippen molar-refractivity contribution in [1.29, 1.82) is 0 Å². The average molecular weight is 281 g/mol. The number of hydrogen-bond acceptors (Lipinski definition) is 1. The number of carbonyl (C=O) groups excluding carboxylic acids is 1. The van der Waals surface area contributed by atoms with Gasteiger partial charge in [0.15, 0.2) is 0 Å². The second kappa shape index (κ2) is 6.57. The van der Waals surface area contributed by atoms with Crippen LogP contribution in [0, 0.1) is 13.8 Å². The van der Waals surface area contributed by atoms with Crippen LogP contribution in [0.1, 0.15) is 53.2 Å². The highest BCUT2D eigenvalue weighted by molar-refractivity contribution is 6.05. The van der Waals surface area contributed by atoms with E-state index < -0.39 is 0 Å². The van der Waals surface area contributed by atoms with Gasteiger partial charge in [-0.2, -0.15) is 0 Å². The molecule has 2 aromatic rings. The molecule has 0 aliphatic rings. The maximum atomic E-state index is 12.4. The molecule has 2 aromatic carbocycles. The number of carbonyl (C=O) groups is 1. The molecule has 2 rings (SSSR count). The van der Waals surface area contributed by atoms with Gasteiger partial charge in [0, 0.05) is 11.3 Å². The van der Waals surface area contributed by atoms with Crippen LogP contribution in [0.15, 0.2) is 42.5 Å². The molecule has 0 aromatic heterocycles. The van der Waals surface area contributed by atoms with Crippen molar-refractivity contribution in [3.63, 3.8) is 0 Å². The molecule has 0 saturated heterocycles. The maximum absolute atomic E-state index is 12.4. The van der Waals surface area contributed by atoms with E-state index in [1.807, 2.05) is 44.2 Å². The van der Waals surface area contributed by atoms with Gasteiger partial charge >= 0.3 is 0 Å². The number of aryl methyl sites for hydroxylation is 2. The fraction of sp³-hybridized carbons (Fsp3) is 0.316. The second-order valence-corrected chi connectivity index (χ2v) is 5.70. The van der Waals surface area contributed by atoms with Crippen molar-refractivity contribution in [2.75, 3.05) is 5.32 Å². The number of nitrogens with one attached hydrogen (secondary N) is 1. The van der Waals surface area contributed by atoms with Gasteiger partial charge in [-0.1, -0.05) is 43.7 Å². The maximum Gasteiger partial charge on any atom is 0.255 e. The van der Waals surface area contributed by atoms with Crippen molar-refractivity contribution < 1.29 is 4.79 Å². The Morgan fingerprint density at radius 2 is 1.76 bits per heavy atom. The number of hydrogen-bond donors (Lipinski definition) is 1. The molecule has 0 bridgehead atoms. The monoisotopic (exact) mass is 281 g/mol. The lowest BCUT2D eigenvalue weighted by Gasteiger charge is -2.11. The smallest absolute Gasteiger partial charge is 0.255 e. The highest BCUT2D eigenvalue weighted by Gasteiger charge is 2.10. The summed E-state index contributed by atoms with van der Waals surface area (Å²) in [4.78, 5) is 12.4. The largest absolute Gasteiger partial charge is 0.322 e. The minimum atomic E-state index is -0.0486. The number of rotatable bonds is 4. The van der Waals surface area contributed by atoms with Gasteiger partial charge in [-0.3, -0.25) is 4.79 Å². The normalized spacial score (nSPS) is 12.0. The van der Waals surface area contributed by atoms with Gasteiger partial charge in [0.2, 0.25) is 0 Å². The predicted molar refractivity (Wildman–Crippen MR) is 89.0 cm³/mol. The minimum Gasteiger partial charge on any atom is -0.322 e. The Bertz CT molecular complexity index is 629. The van der Waals surface area contributed by atoms with Crippen LogP contribution in [0.4, 0.5) is 5.69 Å². The molecular formula is C19H23NO. The number of anilines is 1. The van der Waals surface area contributed by atoms with E-state index in [9.17, 15) is 4.79 Å². The Morgan fingerprint density at radius 3 is 2.38 bits per heavy atom. The molecule has 0 heterocycles. The van der Waals surface area contributed by atoms with E-state index in [0.717, 1.165) is 28.8 Å². The van der Waals surface area contributed by atoms with Crippen molar-refractivity contribution >= 4 is 11.6 Å². The molecule has 0 saturated carbocycles. The molecule has 2 heteroatoms. The van der Waals surface area contributed by atoms with Crippen LogP contribution in [0.5, 0.6) is 0 Å². The quantitative estimate of drug-likeness (QED) is 0.833. The molecule has 1 atom stereocenters. The molecule has 0 fully saturated rings. The van der Waals surface area contributed by atoms with E-state index >= 15 is 0 Å². The van der Waals surface area contributed by atoms with Crippen LogP contribution in [0.2, 0.25) is 0 Å². The van der Waals surface area contributed by atoms with Crippen molar-refractivity contribution in [2.24, 2.45) is 0 Å². The molecule has 0 spiro atoms. The van der Waals surface area contributed by atoms with E-state index in [-0.39, 0.29) is 5.91 Å². The molecule has 110 valence electrons. The Balaban J connectivity index is 2.14. The summed E-state index contributed by atoms with van der Waals surface area (Å²) in [6, 6.07) is 14.1. The van der Waals surface area contributed by atoms with Crippen molar-refractivity contribution in [1.82, 2.24) is 0 Å². The average Bonchev–Trinajstić information content (AvgIpc) is 2.49. The zero-order valence-corrected chi connectivity index (χ0v) is 13.2. The highest BCUT2D eigenvalue weighted by Crippen LogP contribution is 2.21. The second-order valence-electron chi connectivity index (χ2n) is 5.70. The lowest BCUT2D eigenvalue weighted by atomic mass is 9.98. The number of benzene rings is 2. The minimum absolute atomic E-state index is 0.0486. The van der Waals surface area contributed by atoms with Crippen LogP contribution < -0.4 is 5.32 Å². The first-order valence-corrected chi connectivity index (χ1v) is 7.49. The van der Waals surface area contributed by atoms with Gasteiger partial charge in [0.05, 0.1) is 0 Å². The summed E-state index contributed by atoms with van der Waals surface area (Å²) in [5, 5.41) is 2.97. The molecule has 0 aliphatic carbocycles. The van der Waals surface area contributed by atoms with Crippen molar-refractivity contribution in [3.05, 3.63) is 64.7 Å². The Hall–Kier alpha value is -2.09. The Morgan fingerprint density at radius 1 is 1.10 bits per heavy atom. The summed E-state index contributed by atoms with van der Waals surface area (Å²) >= 11 is 0. The standard InChI is InChI=1S/C19H23NO/c1-5-14(3)16-8-10-17(11-9-16)20-19(21)18-12-13(2)6-7-15(18)4/h6-12,14H,5H2,1-4H3,(H,20,21)/t14-/m1/s1. The molecule has 21 heavy (non-hydrogen) atoms. The Labute approximate surface area is 127 Å². The lowest BCUT2D eigenvalue weighted by Crippen LogP contribution is -2.13. The summed E-state index contributed by atoms with van der Waals surface area (Å²) in [5.41, 5.74) is 4.98. The summed E-state index contributed by atoms with van der Waals surface area (Å²) in [5.74, 6) is 0.501. The molecular weight excluding hydrogens is 258 g/mol. The number of amides is 1. The first kappa shape index (κ1) is 15.3. The third-order valence-electron chi connectivity index (χ3n) is 3.99. The van der Waals surface area contributed by atoms with Crippen molar-refractivity contribution in [2.45, 2.75) is 40.0 Å². The molecule has 0 aliphatic heterocycles. The topological polar surface area (TPSA) is 29.1 Å². The first-order valence-electron chi connectivity index (χ1n) is 7.49. The SMILES string of the molecule is CC[C@@H](C)c1ccc(NC(=O)c2cc(C)ccc2C)cc1. The van der Waals surface area contributed by atoms with Gasteiger partial charge in [-0.15, -0.1) is 0 Å². The summed E-state index contributed by atoms with van der Waals surface area (Å²) in [6.45, 7) is 8.35. The van der Waals surface area contributed by atoms with Gasteiger partial charge < -0.3 is 5.32 Å². The lowest BCUT2D eigenvalue weighted by molar-refractivity contribution is 0.102. The van der Waals surface area contributed by atoms with E-state index in [1.54, 1.807) is 0 Å². The molecule has 0 unspecified atom stereocenters. The zero-order valence-electron chi connectivity index (χ0n) is 13.2. The summed E-state index contributed by atoms with van der Waals surface area (Å²) in [6.07, 6.45) is 1.12. The fourth-order valence-corrected chi connectivity index (χ4v) is 2.31. The fourth-order valence-electron chi connectivity index (χ4n) is 2.31. The molecule has 2 nitrogen and oxygen atoms in total. The first-order chi connectivity index (χ1) is 10.0. The summed E-state index contributed by atoms with van der Waals surface area (Å²) < 4.78 is 0. The van der Waals surface area contributed by atoms with Gasteiger partial charge in [-0.25, -0.2) is 0 Å². The van der Waals surface area contributed by atoms with Crippen LogP contribution in [-0.4, -0.2) is 5.91 Å². The molecule has 1 N–H and O–H groups in total. The third kappa shape index (κ3) is 3.72. The van der Waals surface area contributed by atoms with Gasteiger partial charge in [0.1, 0.15) is 0 Å². The third-order valence-corrected chi connectivity index (χ3v) is 3.99. The highest BCUT2D eigenvalue weighted by atomic mass is 16.1. The van der Waals surface area contributed by atoms with E-state index in [0.29, 0.717) is 5.92 Å². The van der Waals surface area contributed by atoms with Crippen LogP contribution in [0.25, 0.3) is 0 Å². The van der Waals surface area contributed by atoms with Crippen LogP contribution in [-0.2, 0) is 0 Å². The van der Waals surface area contributed by atoms with Gasteiger partial charge in [0.25, 0.3) is 5.91 Å². The van der Waals surface area contributed by atoms with E-state index in [1.165, 1.54) is 5.56 Å². The summed E-state index contributed by atoms with van der Waals surface area (Å²) in [7, 11) is 0. The predicted octanol–water partition coefficient (Wildman–Crippen LogP) is 5.07. The van der Waals surface area contributed by atoms with E-state index in [2.05, 4.69) is 31.3 Å². The van der Waals surface area contributed by atoms with Crippen LogP contribution >= 0.6 is 0 Å². The Kier molecular flexibility index (Phi) is 4.79. The van der Waals surface area contributed by atoms with Gasteiger partial charge in [-0.05, 0) is 55.5 Å². The molecule has 1 amide bonds. The molecule has 0 radical (unpaired) electrons. The zero-order chi connectivity index (χ0) is 15.4. The van der Waals surface area contributed by atoms with Crippen LogP contribution in [0.3, 0.4) is 0 Å². The van der Waals surface area contributed by atoms with Crippen molar-refractivity contribution in [3.8, 4) is 0 Å².